The summed E-state index contributed by atoms with van der Waals surface area (Å²) in [5, 5.41) is 3.26. The van der Waals surface area contributed by atoms with Gasteiger partial charge in [-0.25, -0.2) is 0 Å². The molecule has 0 bridgehead atoms. The molecule has 1 N–H and O–H groups in total. The first-order valence-corrected chi connectivity index (χ1v) is 7.25. The summed E-state index contributed by atoms with van der Waals surface area (Å²) in [6.07, 6.45) is 0. The summed E-state index contributed by atoms with van der Waals surface area (Å²) >= 11 is 0. The summed E-state index contributed by atoms with van der Waals surface area (Å²) in [6.45, 7) is 5.53. The van der Waals surface area contributed by atoms with E-state index in [-0.39, 0.29) is 5.91 Å². The van der Waals surface area contributed by atoms with Crippen LogP contribution in [0.3, 0.4) is 0 Å². The normalized spacial score (nSPS) is 10.2. The SMILES string of the molecule is CCNc1ccc(C(=O)N(C)Cc2ccccc2)c(C)c1. The Labute approximate surface area is 126 Å². The Balaban J connectivity index is 2.12. The lowest BCUT2D eigenvalue weighted by atomic mass is 10.1. The highest BCUT2D eigenvalue weighted by Gasteiger charge is 2.14. The van der Waals surface area contributed by atoms with Gasteiger partial charge in [0.2, 0.25) is 0 Å². The molecule has 2 aromatic carbocycles. The molecule has 0 aliphatic rings. The highest BCUT2D eigenvalue weighted by molar-refractivity contribution is 5.95. The number of hydrogen-bond acceptors (Lipinski definition) is 2. The predicted octanol–water partition coefficient (Wildman–Crippen LogP) is 3.70. The van der Waals surface area contributed by atoms with Crippen LogP contribution in [-0.2, 0) is 6.54 Å². The maximum Gasteiger partial charge on any atom is 0.254 e. The number of carbonyl (C=O) groups excluding carboxylic acids is 1. The number of nitrogens with zero attached hydrogens (tertiary/aromatic N) is 1. The minimum absolute atomic E-state index is 0.0550. The largest absolute Gasteiger partial charge is 0.385 e. The van der Waals surface area contributed by atoms with Crippen molar-refractivity contribution in [2.75, 3.05) is 18.9 Å². The second-order valence-corrected chi connectivity index (χ2v) is 5.21. The Hall–Kier alpha value is -2.29. The van der Waals surface area contributed by atoms with E-state index < -0.39 is 0 Å². The second-order valence-electron chi connectivity index (χ2n) is 5.21. The van der Waals surface area contributed by atoms with Gasteiger partial charge < -0.3 is 10.2 Å². The number of anilines is 1. The summed E-state index contributed by atoms with van der Waals surface area (Å²) in [4.78, 5) is 14.3. The Bertz CT molecular complexity index is 608. The molecular formula is C18H22N2O. The van der Waals surface area contributed by atoms with E-state index in [1.807, 2.05) is 62.5 Å². The van der Waals surface area contributed by atoms with E-state index >= 15 is 0 Å². The molecule has 2 rings (SSSR count). The molecule has 3 heteroatoms. The highest BCUT2D eigenvalue weighted by Crippen LogP contribution is 2.17. The van der Waals surface area contributed by atoms with Crippen molar-refractivity contribution in [2.24, 2.45) is 0 Å². The summed E-state index contributed by atoms with van der Waals surface area (Å²) in [5.41, 5.74) is 3.95. The maximum atomic E-state index is 12.5. The quantitative estimate of drug-likeness (QED) is 0.907. The lowest BCUT2D eigenvalue weighted by Crippen LogP contribution is -2.26. The van der Waals surface area contributed by atoms with Crippen LogP contribution in [-0.4, -0.2) is 24.4 Å². The fourth-order valence-electron chi connectivity index (χ4n) is 2.35. The molecule has 1 amide bonds. The zero-order chi connectivity index (χ0) is 15.2. The molecule has 3 nitrogen and oxygen atoms in total. The molecule has 0 aromatic heterocycles. The first kappa shape index (κ1) is 15.1. The number of aryl methyl sites for hydroxylation is 1. The minimum atomic E-state index is 0.0550. The Morgan fingerprint density at radius 2 is 1.86 bits per heavy atom. The summed E-state index contributed by atoms with van der Waals surface area (Å²) in [6, 6.07) is 15.9. The van der Waals surface area contributed by atoms with Gasteiger partial charge in [-0.3, -0.25) is 4.79 Å². The fourth-order valence-corrected chi connectivity index (χ4v) is 2.35. The van der Waals surface area contributed by atoms with Gasteiger partial charge >= 0.3 is 0 Å². The molecule has 0 fully saturated rings. The van der Waals surface area contributed by atoms with E-state index in [1.165, 1.54) is 0 Å². The molecule has 0 aliphatic carbocycles. The van der Waals surface area contributed by atoms with Gasteiger partial charge in [-0.2, -0.15) is 0 Å². The van der Waals surface area contributed by atoms with E-state index in [0.29, 0.717) is 6.54 Å². The van der Waals surface area contributed by atoms with Crippen molar-refractivity contribution in [3.63, 3.8) is 0 Å². The maximum absolute atomic E-state index is 12.5. The van der Waals surface area contributed by atoms with Gasteiger partial charge in [0, 0.05) is 31.4 Å². The van der Waals surface area contributed by atoms with Crippen LogP contribution in [0.5, 0.6) is 0 Å². The van der Waals surface area contributed by atoms with Gasteiger partial charge in [0.15, 0.2) is 0 Å². The first-order chi connectivity index (χ1) is 10.1. The van der Waals surface area contributed by atoms with E-state index in [2.05, 4.69) is 12.2 Å². The number of amides is 1. The number of benzene rings is 2. The van der Waals surface area contributed by atoms with Crippen molar-refractivity contribution >= 4 is 11.6 Å². The van der Waals surface area contributed by atoms with Crippen LogP contribution in [0.2, 0.25) is 0 Å². The lowest BCUT2D eigenvalue weighted by molar-refractivity contribution is 0.0784. The third kappa shape index (κ3) is 3.85. The van der Waals surface area contributed by atoms with Crippen molar-refractivity contribution in [2.45, 2.75) is 20.4 Å². The first-order valence-electron chi connectivity index (χ1n) is 7.25. The number of carbonyl (C=O) groups is 1. The second kappa shape index (κ2) is 6.93. The van der Waals surface area contributed by atoms with Gasteiger partial charge in [-0.15, -0.1) is 0 Å². The topological polar surface area (TPSA) is 32.3 Å². The van der Waals surface area contributed by atoms with Crippen molar-refractivity contribution in [1.29, 1.82) is 0 Å². The molecule has 0 radical (unpaired) electrons. The molecule has 0 saturated carbocycles. The average Bonchev–Trinajstić information content (AvgIpc) is 2.48. The van der Waals surface area contributed by atoms with E-state index in [4.69, 9.17) is 0 Å². The monoisotopic (exact) mass is 282 g/mol. The van der Waals surface area contributed by atoms with Crippen LogP contribution in [0.15, 0.2) is 48.5 Å². The van der Waals surface area contributed by atoms with Crippen LogP contribution in [0, 0.1) is 6.92 Å². The van der Waals surface area contributed by atoms with Gasteiger partial charge in [-0.05, 0) is 43.2 Å². The Kier molecular flexibility index (Phi) is 4.99. The third-order valence-electron chi connectivity index (χ3n) is 3.45. The van der Waals surface area contributed by atoms with Crippen molar-refractivity contribution in [3.8, 4) is 0 Å². The molecule has 110 valence electrons. The van der Waals surface area contributed by atoms with Crippen molar-refractivity contribution in [1.82, 2.24) is 4.90 Å². The highest BCUT2D eigenvalue weighted by atomic mass is 16.2. The van der Waals surface area contributed by atoms with Crippen LogP contribution in [0.1, 0.15) is 28.4 Å². The van der Waals surface area contributed by atoms with E-state index in [0.717, 1.165) is 28.9 Å². The zero-order valence-electron chi connectivity index (χ0n) is 12.9. The van der Waals surface area contributed by atoms with Gasteiger partial charge in [0.05, 0.1) is 0 Å². The molecule has 0 atom stereocenters. The summed E-state index contributed by atoms with van der Waals surface area (Å²) in [7, 11) is 1.84. The summed E-state index contributed by atoms with van der Waals surface area (Å²) < 4.78 is 0. The standard InChI is InChI=1S/C18H22N2O/c1-4-19-16-10-11-17(14(2)12-16)18(21)20(3)13-15-8-6-5-7-9-15/h5-12,19H,4,13H2,1-3H3. The molecule has 21 heavy (non-hydrogen) atoms. The van der Waals surface area contributed by atoms with Crippen LogP contribution in [0.25, 0.3) is 0 Å². The predicted molar refractivity (Wildman–Crippen MR) is 87.6 cm³/mol. The fraction of sp³-hybridized carbons (Fsp3) is 0.278. The zero-order valence-corrected chi connectivity index (χ0v) is 12.9. The van der Waals surface area contributed by atoms with Crippen LogP contribution >= 0.6 is 0 Å². The van der Waals surface area contributed by atoms with E-state index in [1.54, 1.807) is 4.90 Å². The minimum Gasteiger partial charge on any atom is -0.385 e. The average molecular weight is 282 g/mol. The molecule has 0 aliphatic heterocycles. The van der Waals surface area contributed by atoms with E-state index in [9.17, 15) is 4.79 Å². The van der Waals surface area contributed by atoms with Gasteiger partial charge in [-0.1, -0.05) is 30.3 Å². The molecule has 0 heterocycles. The number of hydrogen-bond donors (Lipinski definition) is 1. The summed E-state index contributed by atoms with van der Waals surface area (Å²) in [5.74, 6) is 0.0550. The van der Waals surface area contributed by atoms with Gasteiger partial charge in [0.1, 0.15) is 0 Å². The smallest absolute Gasteiger partial charge is 0.254 e. The third-order valence-corrected chi connectivity index (χ3v) is 3.45. The molecule has 0 spiro atoms. The van der Waals surface area contributed by atoms with Crippen LogP contribution in [0.4, 0.5) is 5.69 Å². The molecule has 0 saturated heterocycles. The Morgan fingerprint density at radius 3 is 2.48 bits per heavy atom. The molecular weight excluding hydrogens is 260 g/mol. The van der Waals surface area contributed by atoms with Crippen molar-refractivity contribution < 1.29 is 4.79 Å². The number of rotatable bonds is 5. The van der Waals surface area contributed by atoms with Crippen LogP contribution < -0.4 is 5.32 Å². The molecule has 0 unspecified atom stereocenters. The molecule has 2 aromatic rings. The van der Waals surface area contributed by atoms with Gasteiger partial charge in [0.25, 0.3) is 5.91 Å². The van der Waals surface area contributed by atoms with Crippen molar-refractivity contribution in [3.05, 3.63) is 65.2 Å². The number of nitrogens with one attached hydrogen (secondary N) is 1. The Morgan fingerprint density at radius 1 is 1.14 bits per heavy atom. The lowest BCUT2D eigenvalue weighted by Gasteiger charge is -2.19.